The summed E-state index contributed by atoms with van der Waals surface area (Å²) in [6.45, 7) is 5.56. The maximum absolute atomic E-state index is 5.39. The van der Waals surface area contributed by atoms with Crippen LogP contribution in [0.25, 0.3) is 0 Å². The van der Waals surface area contributed by atoms with E-state index in [0.29, 0.717) is 0 Å². The molecule has 1 saturated heterocycles. The number of nitrogens with zero attached hydrogens (tertiary/aromatic N) is 1. The van der Waals surface area contributed by atoms with Gasteiger partial charge in [-0.1, -0.05) is 24.3 Å². The second kappa shape index (κ2) is 7.99. The van der Waals surface area contributed by atoms with Gasteiger partial charge in [0.15, 0.2) is 0 Å². The van der Waals surface area contributed by atoms with E-state index in [0.717, 1.165) is 50.8 Å². The molecular weight excluding hydrogens is 288 g/mol. The molecule has 3 rings (SSSR count). The molecular formula is C19H24N2O2. The number of morpholine rings is 1. The van der Waals surface area contributed by atoms with Crippen LogP contribution in [0.4, 0.5) is 5.69 Å². The van der Waals surface area contributed by atoms with Crippen molar-refractivity contribution in [1.82, 2.24) is 4.90 Å². The van der Waals surface area contributed by atoms with Crippen LogP contribution >= 0.6 is 0 Å². The van der Waals surface area contributed by atoms with Gasteiger partial charge >= 0.3 is 0 Å². The van der Waals surface area contributed by atoms with Crippen molar-refractivity contribution in [3.05, 3.63) is 59.7 Å². The maximum atomic E-state index is 5.39. The molecule has 2 aromatic carbocycles. The van der Waals surface area contributed by atoms with Gasteiger partial charge in [-0.05, 0) is 35.4 Å². The van der Waals surface area contributed by atoms with Gasteiger partial charge in [0.1, 0.15) is 5.75 Å². The summed E-state index contributed by atoms with van der Waals surface area (Å²) in [4.78, 5) is 2.43. The molecule has 2 aromatic rings. The number of methoxy groups -OCH3 is 1. The van der Waals surface area contributed by atoms with Crippen molar-refractivity contribution < 1.29 is 9.47 Å². The van der Waals surface area contributed by atoms with Gasteiger partial charge in [0.05, 0.1) is 20.3 Å². The first-order valence-electron chi connectivity index (χ1n) is 8.09. The van der Waals surface area contributed by atoms with Gasteiger partial charge in [0, 0.05) is 31.9 Å². The lowest BCUT2D eigenvalue weighted by Gasteiger charge is -2.26. The average Bonchev–Trinajstić information content (AvgIpc) is 2.62. The lowest BCUT2D eigenvalue weighted by Crippen LogP contribution is -2.35. The average molecular weight is 312 g/mol. The van der Waals surface area contributed by atoms with Gasteiger partial charge in [-0.15, -0.1) is 0 Å². The summed E-state index contributed by atoms with van der Waals surface area (Å²) in [5.74, 6) is 0.890. The number of nitrogens with one attached hydrogen (secondary N) is 1. The van der Waals surface area contributed by atoms with Crippen LogP contribution in [0.15, 0.2) is 48.5 Å². The first-order valence-corrected chi connectivity index (χ1v) is 8.09. The summed E-state index contributed by atoms with van der Waals surface area (Å²) in [6, 6.07) is 16.8. The van der Waals surface area contributed by atoms with Crippen LogP contribution in [-0.2, 0) is 17.8 Å². The number of hydrogen-bond acceptors (Lipinski definition) is 4. The summed E-state index contributed by atoms with van der Waals surface area (Å²) in [6.07, 6.45) is 0. The molecule has 0 unspecified atom stereocenters. The highest BCUT2D eigenvalue weighted by atomic mass is 16.5. The van der Waals surface area contributed by atoms with Gasteiger partial charge in [-0.25, -0.2) is 0 Å². The fourth-order valence-corrected chi connectivity index (χ4v) is 2.69. The van der Waals surface area contributed by atoms with Crippen LogP contribution in [0.3, 0.4) is 0 Å². The third-order valence-electron chi connectivity index (χ3n) is 4.12. The second-order valence-electron chi connectivity index (χ2n) is 5.79. The van der Waals surface area contributed by atoms with Crippen molar-refractivity contribution in [2.24, 2.45) is 0 Å². The molecule has 0 aliphatic carbocycles. The molecule has 1 N–H and O–H groups in total. The molecule has 0 saturated carbocycles. The first-order chi connectivity index (χ1) is 11.3. The Morgan fingerprint density at radius 3 is 2.26 bits per heavy atom. The number of benzene rings is 2. The van der Waals surface area contributed by atoms with Crippen molar-refractivity contribution in [2.45, 2.75) is 13.1 Å². The summed E-state index contributed by atoms with van der Waals surface area (Å²) >= 11 is 0. The van der Waals surface area contributed by atoms with E-state index in [-0.39, 0.29) is 0 Å². The Bertz CT molecular complexity index is 590. The van der Waals surface area contributed by atoms with Crippen LogP contribution < -0.4 is 10.1 Å². The van der Waals surface area contributed by atoms with Gasteiger partial charge in [0.2, 0.25) is 0 Å². The molecule has 1 aliphatic heterocycles. The standard InChI is InChI=1S/C19H24N2O2/c1-22-19-8-4-16(5-9-19)14-20-18-6-2-17(3-7-18)15-21-10-12-23-13-11-21/h2-9,20H,10-15H2,1H3. The largest absolute Gasteiger partial charge is 0.497 e. The lowest BCUT2D eigenvalue weighted by atomic mass is 10.1. The molecule has 0 bridgehead atoms. The van der Waals surface area contributed by atoms with Crippen molar-refractivity contribution >= 4 is 5.69 Å². The topological polar surface area (TPSA) is 33.7 Å². The highest BCUT2D eigenvalue weighted by Crippen LogP contribution is 2.15. The number of ether oxygens (including phenoxy) is 2. The minimum atomic E-state index is 0.812. The maximum Gasteiger partial charge on any atom is 0.118 e. The summed E-state index contributed by atoms with van der Waals surface area (Å²) < 4.78 is 10.6. The molecule has 0 atom stereocenters. The third-order valence-corrected chi connectivity index (χ3v) is 4.12. The van der Waals surface area contributed by atoms with Crippen LogP contribution in [0.1, 0.15) is 11.1 Å². The monoisotopic (exact) mass is 312 g/mol. The minimum absolute atomic E-state index is 0.812. The van der Waals surface area contributed by atoms with Gasteiger partial charge in [0.25, 0.3) is 0 Å². The highest BCUT2D eigenvalue weighted by Gasteiger charge is 2.10. The quantitative estimate of drug-likeness (QED) is 0.888. The summed E-state index contributed by atoms with van der Waals surface area (Å²) in [7, 11) is 1.69. The Morgan fingerprint density at radius 1 is 0.957 bits per heavy atom. The fourth-order valence-electron chi connectivity index (χ4n) is 2.69. The van der Waals surface area contributed by atoms with E-state index in [2.05, 4.69) is 46.6 Å². The third kappa shape index (κ3) is 4.71. The van der Waals surface area contributed by atoms with E-state index in [4.69, 9.17) is 9.47 Å². The molecule has 4 nitrogen and oxygen atoms in total. The minimum Gasteiger partial charge on any atom is -0.497 e. The van der Waals surface area contributed by atoms with Crippen LogP contribution in [-0.4, -0.2) is 38.3 Å². The SMILES string of the molecule is COc1ccc(CNc2ccc(CN3CCOCC3)cc2)cc1. The predicted octanol–water partition coefficient (Wildman–Crippen LogP) is 3.14. The zero-order valence-electron chi connectivity index (χ0n) is 13.6. The van der Waals surface area contributed by atoms with Crippen molar-refractivity contribution in [2.75, 3.05) is 38.7 Å². The second-order valence-corrected chi connectivity index (χ2v) is 5.79. The van der Waals surface area contributed by atoms with Crippen LogP contribution in [0.2, 0.25) is 0 Å². The zero-order chi connectivity index (χ0) is 15.9. The molecule has 122 valence electrons. The van der Waals surface area contributed by atoms with Gasteiger partial charge < -0.3 is 14.8 Å². The van der Waals surface area contributed by atoms with Crippen LogP contribution in [0, 0.1) is 0 Å². The Morgan fingerprint density at radius 2 is 1.61 bits per heavy atom. The van der Waals surface area contributed by atoms with Crippen molar-refractivity contribution in [3.8, 4) is 5.75 Å². The summed E-state index contributed by atoms with van der Waals surface area (Å²) in [5, 5.41) is 3.45. The molecule has 0 amide bonds. The van der Waals surface area contributed by atoms with E-state index in [1.807, 2.05) is 12.1 Å². The molecule has 1 heterocycles. The van der Waals surface area contributed by atoms with Crippen molar-refractivity contribution in [1.29, 1.82) is 0 Å². The van der Waals surface area contributed by atoms with Gasteiger partial charge in [-0.2, -0.15) is 0 Å². The predicted molar refractivity (Wildman–Crippen MR) is 92.9 cm³/mol. The van der Waals surface area contributed by atoms with E-state index < -0.39 is 0 Å². The number of anilines is 1. The Kier molecular flexibility index (Phi) is 5.51. The Labute approximate surface area is 138 Å². The van der Waals surface area contributed by atoms with E-state index >= 15 is 0 Å². The van der Waals surface area contributed by atoms with Gasteiger partial charge in [-0.3, -0.25) is 4.90 Å². The molecule has 0 aromatic heterocycles. The zero-order valence-corrected chi connectivity index (χ0v) is 13.6. The van der Waals surface area contributed by atoms with E-state index in [9.17, 15) is 0 Å². The smallest absolute Gasteiger partial charge is 0.118 e. The first kappa shape index (κ1) is 15.8. The molecule has 23 heavy (non-hydrogen) atoms. The molecule has 0 spiro atoms. The van der Waals surface area contributed by atoms with E-state index in [1.54, 1.807) is 7.11 Å². The fraction of sp³-hybridized carbons (Fsp3) is 0.368. The lowest BCUT2D eigenvalue weighted by molar-refractivity contribution is 0.0342. The molecule has 1 fully saturated rings. The summed E-state index contributed by atoms with van der Waals surface area (Å²) in [5.41, 5.74) is 3.73. The van der Waals surface area contributed by atoms with Crippen LogP contribution in [0.5, 0.6) is 5.75 Å². The van der Waals surface area contributed by atoms with Crippen molar-refractivity contribution in [3.63, 3.8) is 0 Å². The molecule has 1 aliphatic rings. The highest BCUT2D eigenvalue weighted by molar-refractivity contribution is 5.45. The molecule has 0 radical (unpaired) electrons. The van der Waals surface area contributed by atoms with E-state index in [1.165, 1.54) is 11.1 Å². The Balaban J connectivity index is 1.50. The number of rotatable bonds is 6. The number of hydrogen-bond donors (Lipinski definition) is 1. The Hall–Kier alpha value is -2.04. The molecule has 4 heteroatoms. The normalized spacial score (nSPS) is 15.3.